The fourth-order valence-electron chi connectivity index (χ4n) is 3.17. The molecular weight excluding hydrogens is 340 g/mol. The van der Waals surface area contributed by atoms with Gasteiger partial charge >= 0.3 is 5.97 Å². The van der Waals surface area contributed by atoms with Gasteiger partial charge in [0.15, 0.2) is 11.5 Å². The smallest absolute Gasteiger partial charge is 0.338 e. The summed E-state index contributed by atoms with van der Waals surface area (Å²) in [6, 6.07) is 2.94. The summed E-state index contributed by atoms with van der Waals surface area (Å²) >= 11 is 1.61. The van der Waals surface area contributed by atoms with Crippen LogP contribution in [0, 0.1) is 0 Å². The quantitative estimate of drug-likeness (QED) is 0.432. The van der Waals surface area contributed by atoms with Crippen LogP contribution >= 0.6 is 11.8 Å². The van der Waals surface area contributed by atoms with Gasteiger partial charge in [-0.25, -0.2) is 4.79 Å². The molecule has 2 aliphatic heterocycles. The van der Waals surface area contributed by atoms with Crippen molar-refractivity contribution in [3.63, 3.8) is 0 Å². The van der Waals surface area contributed by atoms with Gasteiger partial charge in [-0.15, -0.1) is 0 Å². The van der Waals surface area contributed by atoms with Gasteiger partial charge in [-0.1, -0.05) is 45.5 Å². The van der Waals surface area contributed by atoms with Gasteiger partial charge < -0.3 is 19.3 Å². The summed E-state index contributed by atoms with van der Waals surface area (Å²) in [5.74, 6) is 0.0558. The number of carbonyl (C=O) groups excluding carboxylic acids is 1. The maximum absolute atomic E-state index is 12.3. The van der Waals surface area contributed by atoms with Crippen LogP contribution in [-0.4, -0.2) is 27.5 Å². The number of fused-ring (bicyclic) bond motifs is 2. The van der Waals surface area contributed by atoms with Crippen LogP contribution in [0.25, 0.3) is 0 Å². The van der Waals surface area contributed by atoms with Gasteiger partial charge in [0.25, 0.3) is 0 Å². The lowest BCUT2D eigenvalue weighted by Gasteiger charge is -2.30. The first-order chi connectivity index (χ1) is 11.9. The van der Waals surface area contributed by atoms with Gasteiger partial charge in [0, 0.05) is 0 Å². The van der Waals surface area contributed by atoms with Crippen molar-refractivity contribution in [2.75, 3.05) is 6.61 Å². The first kappa shape index (κ1) is 18.0. The van der Waals surface area contributed by atoms with E-state index in [0.29, 0.717) is 11.5 Å². The molecule has 136 valence electrons. The first-order valence-electron chi connectivity index (χ1n) is 8.69. The zero-order chi connectivity index (χ0) is 18.2. The SMILES string of the molecule is C=C(CCC)COC(=O)c1cc(O)c2c(c1)OC1(CC)SC1(CC)O2. The molecule has 0 radical (unpaired) electrons. The van der Waals surface area contributed by atoms with Gasteiger partial charge in [-0.3, -0.25) is 0 Å². The summed E-state index contributed by atoms with van der Waals surface area (Å²) in [5, 5.41) is 10.3. The van der Waals surface area contributed by atoms with Crippen molar-refractivity contribution < 1.29 is 24.1 Å². The van der Waals surface area contributed by atoms with Crippen LogP contribution in [0.15, 0.2) is 24.3 Å². The minimum absolute atomic E-state index is 0.109. The summed E-state index contributed by atoms with van der Waals surface area (Å²) < 4.78 is 17.4. The van der Waals surface area contributed by atoms with E-state index >= 15 is 0 Å². The van der Waals surface area contributed by atoms with E-state index in [2.05, 4.69) is 6.58 Å². The van der Waals surface area contributed by atoms with E-state index in [0.717, 1.165) is 31.3 Å². The Morgan fingerprint density at radius 1 is 1.24 bits per heavy atom. The molecule has 6 heteroatoms. The number of carbonyl (C=O) groups is 1. The number of benzene rings is 1. The lowest BCUT2D eigenvalue weighted by molar-refractivity contribution is 0.0144. The zero-order valence-electron chi connectivity index (χ0n) is 14.9. The lowest BCUT2D eigenvalue weighted by Crippen LogP contribution is -2.38. The van der Waals surface area contributed by atoms with Gasteiger partial charge in [0.1, 0.15) is 6.61 Å². The monoisotopic (exact) mass is 364 g/mol. The molecular formula is C19H24O5S. The van der Waals surface area contributed by atoms with Crippen molar-refractivity contribution in [1.29, 1.82) is 0 Å². The topological polar surface area (TPSA) is 65.0 Å². The molecule has 0 spiro atoms. The van der Waals surface area contributed by atoms with E-state index in [9.17, 15) is 9.90 Å². The number of phenolic OH excluding ortho intramolecular Hbond substituents is 1. The number of rotatable bonds is 7. The maximum Gasteiger partial charge on any atom is 0.338 e. The molecule has 0 aliphatic carbocycles. The number of phenols is 1. The molecule has 5 nitrogen and oxygen atoms in total. The minimum Gasteiger partial charge on any atom is -0.504 e. The second-order valence-corrected chi connectivity index (χ2v) is 7.94. The predicted molar refractivity (Wildman–Crippen MR) is 97.3 cm³/mol. The van der Waals surface area contributed by atoms with Gasteiger partial charge in [-0.2, -0.15) is 0 Å². The van der Waals surface area contributed by atoms with Crippen molar-refractivity contribution in [2.24, 2.45) is 0 Å². The summed E-state index contributed by atoms with van der Waals surface area (Å²) in [7, 11) is 0. The third kappa shape index (κ3) is 2.97. The molecule has 1 fully saturated rings. The maximum atomic E-state index is 12.3. The molecule has 1 saturated heterocycles. The van der Waals surface area contributed by atoms with Gasteiger partial charge in [-0.05, 0) is 37.0 Å². The molecule has 3 rings (SSSR count). The van der Waals surface area contributed by atoms with E-state index in [4.69, 9.17) is 14.2 Å². The Balaban J connectivity index is 1.80. The number of aromatic hydroxyl groups is 1. The number of hydrogen-bond donors (Lipinski definition) is 1. The highest BCUT2D eigenvalue weighted by atomic mass is 32.2. The molecule has 1 aromatic rings. The average Bonchev–Trinajstić information content (AvgIpc) is 3.27. The lowest BCUT2D eigenvalue weighted by atomic mass is 10.1. The van der Waals surface area contributed by atoms with Crippen LogP contribution in [0.1, 0.15) is 56.8 Å². The Labute approximate surface area is 152 Å². The zero-order valence-corrected chi connectivity index (χ0v) is 15.7. The first-order valence-corrected chi connectivity index (χ1v) is 9.51. The van der Waals surface area contributed by atoms with Crippen molar-refractivity contribution in [3.8, 4) is 17.2 Å². The average molecular weight is 364 g/mol. The molecule has 0 saturated carbocycles. The highest BCUT2D eigenvalue weighted by molar-refractivity contribution is 8.09. The summed E-state index contributed by atoms with van der Waals surface area (Å²) in [6.07, 6.45) is 3.32. The van der Waals surface area contributed by atoms with E-state index in [1.165, 1.54) is 6.07 Å². The Morgan fingerprint density at radius 2 is 1.92 bits per heavy atom. The summed E-state index contributed by atoms with van der Waals surface area (Å²) in [5.41, 5.74) is 1.11. The molecule has 2 atom stereocenters. The van der Waals surface area contributed by atoms with E-state index < -0.39 is 15.8 Å². The molecule has 0 amide bonds. The third-order valence-electron chi connectivity index (χ3n) is 4.62. The van der Waals surface area contributed by atoms with Gasteiger partial charge in [0.2, 0.25) is 15.6 Å². The second-order valence-electron chi connectivity index (χ2n) is 6.42. The largest absolute Gasteiger partial charge is 0.504 e. The number of ether oxygens (including phenoxy) is 3. The highest BCUT2D eigenvalue weighted by Gasteiger charge is 2.75. The van der Waals surface area contributed by atoms with E-state index in [1.54, 1.807) is 17.8 Å². The Hall–Kier alpha value is -1.82. The molecule has 0 aromatic heterocycles. The van der Waals surface area contributed by atoms with E-state index in [-0.39, 0.29) is 17.9 Å². The Morgan fingerprint density at radius 3 is 2.56 bits per heavy atom. The standard InChI is InChI=1S/C19H24O5S/c1-5-8-12(4)11-22-17(21)13-9-14(20)16-15(10-13)23-18(6-2)19(7-3,24-16)25-18/h9-10,20H,4-8,11H2,1-3H3. The number of hydrogen-bond acceptors (Lipinski definition) is 6. The number of esters is 1. The van der Waals surface area contributed by atoms with Crippen LogP contribution in [-0.2, 0) is 4.74 Å². The molecule has 1 N–H and O–H groups in total. The fraction of sp³-hybridized carbons (Fsp3) is 0.526. The van der Waals surface area contributed by atoms with Crippen LogP contribution in [0.4, 0.5) is 0 Å². The highest BCUT2D eigenvalue weighted by Crippen LogP contribution is 2.72. The molecule has 2 aliphatic rings. The third-order valence-corrected chi connectivity index (χ3v) is 6.48. The van der Waals surface area contributed by atoms with Crippen molar-refractivity contribution in [1.82, 2.24) is 0 Å². The van der Waals surface area contributed by atoms with Crippen molar-refractivity contribution >= 4 is 17.7 Å². The normalized spacial score (nSPS) is 25.9. The summed E-state index contributed by atoms with van der Waals surface area (Å²) in [6.45, 7) is 10.2. The number of thioether (sulfide) groups is 1. The van der Waals surface area contributed by atoms with E-state index in [1.807, 2.05) is 20.8 Å². The van der Waals surface area contributed by atoms with Crippen LogP contribution in [0.2, 0.25) is 0 Å². The molecule has 2 unspecified atom stereocenters. The van der Waals surface area contributed by atoms with Crippen LogP contribution < -0.4 is 9.47 Å². The van der Waals surface area contributed by atoms with Crippen LogP contribution in [0.3, 0.4) is 0 Å². The molecule has 25 heavy (non-hydrogen) atoms. The van der Waals surface area contributed by atoms with Gasteiger partial charge in [0.05, 0.1) is 5.56 Å². The summed E-state index contributed by atoms with van der Waals surface area (Å²) in [4.78, 5) is 11.4. The molecule has 0 bridgehead atoms. The molecule has 2 heterocycles. The molecule has 1 aromatic carbocycles. The second kappa shape index (κ2) is 6.48. The Bertz CT molecular complexity index is 716. The predicted octanol–water partition coefficient (Wildman–Crippen LogP) is 4.64. The van der Waals surface area contributed by atoms with Crippen LogP contribution in [0.5, 0.6) is 17.2 Å². The Kier molecular flexibility index (Phi) is 4.66. The van der Waals surface area contributed by atoms with Crippen molar-refractivity contribution in [3.05, 3.63) is 29.8 Å². The minimum atomic E-state index is -0.514. The fourth-order valence-corrected chi connectivity index (χ4v) is 4.57. The van der Waals surface area contributed by atoms with Crippen molar-refractivity contribution in [2.45, 2.75) is 56.3 Å².